The first kappa shape index (κ1) is 35.3. The first-order valence-electron chi connectivity index (χ1n) is 17.9. The fourth-order valence-electron chi connectivity index (χ4n) is 7.40. The zero-order valence-corrected chi connectivity index (χ0v) is 29.9. The molecule has 0 spiro atoms. The van der Waals surface area contributed by atoms with E-state index in [-0.39, 0.29) is 25.4 Å². The first-order valence-corrected chi connectivity index (χ1v) is 17.9. The summed E-state index contributed by atoms with van der Waals surface area (Å²) in [6.45, 7) is 3.81. The predicted octanol–water partition coefficient (Wildman–Crippen LogP) is 7.63. The minimum atomic E-state index is -0.411. The summed E-state index contributed by atoms with van der Waals surface area (Å²) in [5.74, 6) is 1.12. The number of nitrogens with zero attached hydrogens (tertiary/aromatic N) is 2. The molecule has 52 heavy (non-hydrogen) atoms. The molecule has 270 valence electrons. The van der Waals surface area contributed by atoms with Crippen molar-refractivity contribution in [2.24, 2.45) is 7.05 Å². The molecule has 0 aliphatic carbocycles. The molecule has 1 aliphatic heterocycles. The molecular weight excluding hydrogens is 658 g/mol. The number of ether oxygens (including phenoxy) is 5. The van der Waals surface area contributed by atoms with Crippen LogP contribution in [0.2, 0.25) is 0 Å². The zero-order valence-electron chi connectivity index (χ0n) is 29.9. The highest BCUT2D eigenvalue weighted by atomic mass is 16.5. The van der Waals surface area contributed by atoms with Crippen LogP contribution < -0.4 is 9.47 Å². The fraction of sp³-hybridized carbons (Fsp3) is 0.333. The van der Waals surface area contributed by atoms with E-state index in [4.69, 9.17) is 28.8 Å². The van der Waals surface area contributed by atoms with E-state index >= 15 is 0 Å². The normalized spacial score (nSPS) is 14.2. The Kier molecular flexibility index (Phi) is 10.6. The first-order chi connectivity index (χ1) is 25.5. The highest BCUT2D eigenvalue weighted by Gasteiger charge is 2.34. The summed E-state index contributed by atoms with van der Waals surface area (Å²) in [7, 11) is 3.56. The largest absolute Gasteiger partial charge is 0.493 e. The number of fused-ring (bicyclic) bond motifs is 2. The van der Waals surface area contributed by atoms with Crippen LogP contribution in [0.1, 0.15) is 59.2 Å². The van der Waals surface area contributed by atoms with Gasteiger partial charge in [-0.2, -0.15) is 5.10 Å². The number of carbonyl (C=O) groups is 1. The van der Waals surface area contributed by atoms with Gasteiger partial charge in [0, 0.05) is 62.1 Å². The van der Waals surface area contributed by atoms with Gasteiger partial charge < -0.3 is 33.8 Å². The number of esters is 1. The molecule has 1 saturated heterocycles. The number of para-hydroxylation sites is 1. The Morgan fingerprint density at radius 2 is 1.71 bits per heavy atom. The highest BCUT2D eigenvalue weighted by molar-refractivity contribution is 6.04. The van der Waals surface area contributed by atoms with Crippen molar-refractivity contribution in [2.45, 2.75) is 51.4 Å². The summed E-state index contributed by atoms with van der Waals surface area (Å²) in [6.07, 6.45) is 2.87. The van der Waals surface area contributed by atoms with E-state index in [2.05, 4.69) is 23.2 Å². The summed E-state index contributed by atoms with van der Waals surface area (Å²) in [4.78, 5) is 16.7. The highest BCUT2D eigenvalue weighted by Crippen LogP contribution is 2.38. The SMILES string of the molecule is CCOC(=O)c1[nH]c2c(-c3c(COc4ccc(C5(OC)CCOCC5)cc4)nn(C)c3CO)cccc2c1CCCOc1cccc2ccccc12. The van der Waals surface area contributed by atoms with E-state index in [9.17, 15) is 9.90 Å². The third-order valence-corrected chi connectivity index (χ3v) is 10.1. The number of aliphatic hydroxyl groups excluding tert-OH is 1. The van der Waals surface area contributed by atoms with Crippen LogP contribution in [0, 0.1) is 0 Å². The molecule has 0 radical (unpaired) electrons. The van der Waals surface area contributed by atoms with Gasteiger partial charge in [-0.25, -0.2) is 4.79 Å². The van der Waals surface area contributed by atoms with Gasteiger partial charge in [0.25, 0.3) is 0 Å². The second-order valence-electron chi connectivity index (χ2n) is 13.0. The number of carbonyl (C=O) groups excluding carboxylic acids is 1. The standard InChI is InChI=1S/C42H45N3O7/c1-4-50-41(47)40-33(15-9-23-51-37-16-7-11-28-10-5-6-12-31(28)37)32-13-8-14-34(39(32)43-40)38-35(44-45(2)36(38)26-46)27-52-30-19-17-29(18-20-30)42(48-3)21-24-49-25-22-42/h5-8,10-14,16-20,43,46H,4,9,15,21-27H2,1-3H3. The number of rotatable bonds is 14. The van der Waals surface area contributed by atoms with Gasteiger partial charge in [-0.3, -0.25) is 4.68 Å². The summed E-state index contributed by atoms with van der Waals surface area (Å²) in [5.41, 5.74) is 5.66. The molecule has 0 atom stereocenters. The van der Waals surface area contributed by atoms with Crippen LogP contribution in [0.4, 0.5) is 0 Å². The predicted molar refractivity (Wildman–Crippen MR) is 200 cm³/mol. The number of aliphatic hydroxyl groups is 1. The average Bonchev–Trinajstić information content (AvgIpc) is 3.72. The van der Waals surface area contributed by atoms with Crippen molar-refractivity contribution in [1.29, 1.82) is 0 Å². The van der Waals surface area contributed by atoms with Crippen LogP contribution in [-0.4, -0.2) is 59.4 Å². The van der Waals surface area contributed by atoms with Crippen LogP contribution in [0.25, 0.3) is 32.8 Å². The Bertz CT molecular complexity index is 2160. The monoisotopic (exact) mass is 703 g/mol. The molecule has 0 saturated carbocycles. The Balaban J connectivity index is 1.16. The van der Waals surface area contributed by atoms with Gasteiger partial charge in [0.15, 0.2) is 0 Å². The lowest BCUT2D eigenvalue weighted by molar-refractivity contribution is -0.0948. The van der Waals surface area contributed by atoms with Crippen molar-refractivity contribution in [2.75, 3.05) is 33.5 Å². The van der Waals surface area contributed by atoms with Crippen LogP contribution in [0.5, 0.6) is 11.5 Å². The van der Waals surface area contributed by atoms with E-state index in [1.54, 1.807) is 18.7 Å². The second kappa shape index (κ2) is 15.6. The van der Waals surface area contributed by atoms with E-state index in [0.717, 1.165) is 62.5 Å². The molecule has 10 nitrogen and oxygen atoms in total. The molecule has 10 heteroatoms. The quantitative estimate of drug-likeness (QED) is 0.0879. The smallest absolute Gasteiger partial charge is 0.355 e. The molecule has 0 bridgehead atoms. The van der Waals surface area contributed by atoms with Crippen LogP contribution >= 0.6 is 0 Å². The maximum Gasteiger partial charge on any atom is 0.355 e. The third kappa shape index (κ3) is 6.89. The topological polar surface area (TPSA) is 117 Å². The molecule has 4 aromatic carbocycles. The van der Waals surface area contributed by atoms with Gasteiger partial charge in [-0.1, -0.05) is 66.7 Å². The van der Waals surface area contributed by atoms with Crippen molar-refractivity contribution in [3.8, 4) is 22.6 Å². The fourth-order valence-corrected chi connectivity index (χ4v) is 7.40. The third-order valence-electron chi connectivity index (χ3n) is 10.1. The maximum absolute atomic E-state index is 13.3. The minimum absolute atomic E-state index is 0.173. The second-order valence-corrected chi connectivity index (χ2v) is 13.0. The molecule has 3 heterocycles. The van der Waals surface area contributed by atoms with E-state index < -0.39 is 5.97 Å². The molecule has 7 rings (SSSR count). The molecule has 0 amide bonds. The lowest BCUT2D eigenvalue weighted by Crippen LogP contribution is -2.35. The number of aryl methyl sites for hydroxylation is 2. The summed E-state index contributed by atoms with van der Waals surface area (Å²) in [5, 5.41) is 18.4. The van der Waals surface area contributed by atoms with Crippen molar-refractivity contribution in [1.82, 2.24) is 14.8 Å². The lowest BCUT2D eigenvalue weighted by Gasteiger charge is -2.36. The maximum atomic E-state index is 13.3. The number of hydrogen-bond donors (Lipinski definition) is 2. The van der Waals surface area contributed by atoms with Crippen LogP contribution in [0.15, 0.2) is 84.9 Å². The summed E-state index contributed by atoms with van der Waals surface area (Å²) < 4.78 is 31.3. The minimum Gasteiger partial charge on any atom is -0.493 e. The Morgan fingerprint density at radius 1 is 0.962 bits per heavy atom. The van der Waals surface area contributed by atoms with Crippen molar-refractivity contribution in [3.63, 3.8) is 0 Å². The van der Waals surface area contributed by atoms with Gasteiger partial charge in [-0.05, 0) is 54.5 Å². The Labute approximate surface area is 303 Å². The van der Waals surface area contributed by atoms with Gasteiger partial charge in [-0.15, -0.1) is 0 Å². The van der Waals surface area contributed by atoms with Crippen molar-refractivity contribution >= 4 is 27.6 Å². The number of H-pyrrole nitrogens is 1. The number of nitrogens with one attached hydrogen (secondary N) is 1. The zero-order chi connectivity index (χ0) is 36.1. The Hall–Kier alpha value is -5.16. The number of aromatic nitrogens is 3. The van der Waals surface area contributed by atoms with Crippen molar-refractivity contribution in [3.05, 3.63) is 113 Å². The van der Waals surface area contributed by atoms with Gasteiger partial charge in [0.05, 0.1) is 36.6 Å². The number of aromatic amines is 1. The molecule has 2 N–H and O–H groups in total. The number of hydrogen-bond acceptors (Lipinski definition) is 8. The molecule has 1 fully saturated rings. The molecular formula is C42H45N3O7. The number of benzene rings is 4. The van der Waals surface area contributed by atoms with Gasteiger partial charge in [0.2, 0.25) is 0 Å². The van der Waals surface area contributed by atoms with E-state index in [1.807, 2.05) is 73.8 Å². The van der Waals surface area contributed by atoms with Gasteiger partial charge >= 0.3 is 5.97 Å². The summed E-state index contributed by atoms with van der Waals surface area (Å²) >= 11 is 0. The average molecular weight is 704 g/mol. The lowest BCUT2D eigenvalue weighted by atomic mass is 9.86. The van der Waals surface area contributed by atoms with E-state index in [0.29, 0.717) is 55.5 Å². The molecule has 0 unspecified atom stereocenters. The molecule has 1 aliphatic rings. The van der Waals surface area contributed by atoms with Gasteiger partial charge in [0.1, 0.15) is 29.5 Å². The number of methoxy groups -OCH3 is 1. The summed E-state index contributed by atoms with van der Waals surface area (Å²) in [6, 6.07) is 28.2. The van der Waals surface area contributed by atoms with Crippen LogP contribution in [-0.2, 0) is 46.5 Å². The van der Waals surface area contributed by atoms with E-state index in [1.165, 1.54) is 0 Å². The Morgan fingerprint density at radius 3 is 2.48 bits per heavy atom. The van der Waals surface area contributed by atoms with Crippen LogP contribution in [0.3, 0.4) is 0 Å². The molecule has 2 aromatic heterocycles. The molecule has 6 aromatic rings. The van der Waals surface area contributed by atoms with Crippen molar-refractivity contribution < 1.29 is 33.6 Å².